The van der Waals surface area contributed by atoms with Gasteiger partial charge < -0.3 is 5.11 Å². The number of thioether (sulfide) groups is 1. The predicted molar refractivity (Wildman–Crippen MR) is 84.9 cm³/mol. The van der Waals surface area contributed by atoms with Crippen LogP contribution in [-0.2, 0) is 17.0 Å². The van der Waals surface area contributed by atoms with Crippen LogP contribution in [0.1, 0.15) is 11.1 Å². The molecular formula is C14H13BrO2S2. The Morgan fingerprint density at radius 2 is 2.05 bits per heavy atom. The fourth-order valence-corrected chi connectivity index (χ4v) is 3.99. The third-order valence-corrected chi connectivity index (χ3v) is 5.44. The van der Waals surface area contributed by atoms with Crippen LogP contribution in [0.4, 0.5) is 0 Å². The minimum Gasteiger partial charge on any atom is -0.480 e. The van der Waals surface area contributed by atoms with E-state index in [0.717, 1.165) is 15.1 Å². The van der Waals surface area contributed by atoms with Crippen molar-refractivity contribution >= 4 is 45.0 Å². The van der Waals surface area contributed by atoms with Gasteiger partial charge in [-0.2, -0.15) is 0 Å². The number of halogens is 1. The molecule has 0 radical (unpaired) electrons. The molecule has 0 aliphatic carbocycles. The molecule has 0 saturated carbocycles. The average Bonchev–Trinajstić information content (AvgIpc) is 2.81. The quantitative estimate of drug-likeness (QED) is 0.831. The van der Waals surface area contributed by atoms with E-state index in [-0.39, 0.29) is 0 Å². The van der Waals surface area contributed by atoms with Crippen LogP contribution in [0.3, 0.4) is 0 Å². The Bertz CT molecular complexity index is 539. The molecule has 1 aromatic carbocycles. The van der Waals surface area contributed by atoms with E-state index in [1.165, 1.54) is 17.3 Å². The van der Waals surface area contributed by atoms with Crippen molar-refractivity contribution in [3.8, 4) is 0 Å². The van der Waals surface area contributed by atoms with E-state index in [1.807, 2.05) is 36.4 Å². The van der Waals surface area contributed by atoms with Gasteiger partial charge in [-0.05, 0) is 44.9 Å². The molecule has 19 heavy (non-hydrogen) atoms. The van der Waals surface area contributed by atoms with E-state index >= 15 is 0 Å². The van der Waals surface area contributed by atoms with Crippen molar-refractivity contribution in [1.29, 1.82) is 0 Å². The van der Waals surface area contributed by atoms with Crippen LogP contribution in [0.15, 0.2) is 45.6 Å². The van der Waals surface area contributed by atoms with E-state index in [2.05, 4.69) is 21.3 Å². The number of thiophene rings is 1. The standard InChI is InChI=1S/C14H13BrO2S2/c15-13-7-11(9-19-13)8-18-12(14(16)17)6-10-4-2-1-3-5-10/h1-5,7,9,12H,6,8H2,(H,16,17). The van der Waals surface area contributed by atoms with Crippen LogP contribution in [-0.4, -0.2) is 16.3 Å². The molecule has 2 nitrogen and oxygen atoms in total. The molecule has 2 aromatic rings. The smallest absolute Gasteiger partial charge is 0.316 e. The van der Waals surface area contributed by atoms with E-state index < -0.39 is 11.2 Å². The van der Waals surface area contributed by atoms with Crippen molar-refractivity contribution in [1.82, 2.24) is 0 Å². The molecule has 5 heteroatoms. The van der Waals surface area contributed by atoms with Gasteiger partial charge in [-0.3, -0.25) is 4.79 Å². The van der Waals surface area contributed by atoms with Gasteiger partial charge in [0.2, 0.25) is 0 Å². The molecule has 1 atom stereocenters. The molecule has 0 bridgehead atoms. The number of aliphatic carboxylic acids is 1. The monoisotopic (exact) mass is 356 g/mol. The zero-order valence-electron chi connectivity index (χ0n) is 10.1. The minimum atomic E-state index is -0.747. The topological polar surface area (TPSA) is 37.3 Å². The molecular weight excluding hydrogens is 344 g/mol. The fourth-order valence-electron chi connectivity index (χ4n) is 1.66. The molecule has 0 aliphatic heterocycles. The summed E-state index contributed by atoms with van der Waals surface area (Å²) in [6.07, 6.45) is 0.562. The Morgan fingerprint density at radius 3 is 2.63 bits per heavy atom. The summed E-state index contributed by atoms with van der Waals surface area (Å²) >= 11 is 6.52. The van der Waals surface area contributed by atoms with Crippen LogP contribution >= 0.6 is 39.0 Å². The van der Waals surface area contributed by atoms with Crippen LogP contribution < -0.4 is 0 Å². The molecule has 1 aromatic heterocycles. The van der Waals surface area contributed by atoms with Crippen LogP contribution in [0.5, 0.6) is 0 Å². The normalized spacial score (nSPS) is 12.3. The number of carboxylic acids is 1. The maximum Gasteiger partial charge on any atom is 0.316 e. The lowest BCUT2D eigenvalue weighted by atomic mass is 10.1. The van der Waals surface area contributed by atoms with Crippen LogP contribution in [0, 0.1) is 0 Å². The first kappa shape index (κ1) is 14.6. The molecule has 2 rings (SSSR count). The lowest BCUT2D eigenvalue weighted by molar-refractivity contribution is -0.136. The zero-order valence-corrected chi connectivity index (χ0v) is 13.3. The maximum absolute atomic E-state index is 11.3. The molecule has 0 spiro atoms. The van der Waals surface area contributed by atoms with Gasteiger partial charge in [0.1, 0.15) is 5.25 Å². The summed E-state index contributed by atoms with van der Waals surface area (Å²) in [5, 5.41) is 10.9. The zero-order chi connectivity index (χ0) is 13.7. The Balaban J connectivity index is 1.95. The second-order valence-corrected chi connectivity index (χ2v) is 7.57. The summed E-state index contributed by atoms with van der Waals surface area (Å²) in [4.78, 5) is 11.3. The van der Waals surface area contributed by atoms with Crippen molar-refractivity contribution in [2.24, 2.45) is 0 Å². The maximum atomic E-state index is 11.3. The highest BCUT2D eigenvalue weighted by molar-refractivity contribution is 9.11. The second-order valence-electron chi connectivity index (χ2n) is 4.09. The van der Waals surface area contributed by atoms with Gasteiger partial charge in [-0.25, -0.2) is 0 Å². The number of benzene rings is 1. The fraction of sp³-hybridized carbons (Fsp3) is 0.214. The van der Waals surface area contributed by atoms with Crippen molar-refractivity contribution in [3.63, 3.8) is 0 Å². The molecule has 0 aliphatic rings. The molecule has 1 unspecified atom stereocenters. The molecule has 0 saturated heterocycles. The highest BCUT2D eigenvalue weighted by Crippen LogP contribution is 2.27. The summed E-state index contributed by atoms with van der Waals surface area (Å²) in [5.41, 5.74) is 2.23. The van der Waals surface area contributed by atoms with Gasteiger partial charge in [0.15, 0.2) is 0 Å². The molecule has 1 N–H and O–H groups in total. The van der Waals surface area contributed by atoms with Crippen LogP contribution in [0.2, 0.25) is 0 Å². The minimum absolute atomic E-state index is 0.402. The van der Waals surface area contributed by atoms with Crippen LogP contribution in [0.25, 0.3) is 0 Å². The van der Waals surface area contributed by atoms with Gasteiger partial charge >= 0.3 is 5.97 Å². The average molecular weight is 357 g/mol. The van der Waals surface area contributed by atoms with E-state index in [0.29, 0.717) is 6.42 Å². The van der Waals surface area contributed by atoms with Crippen molar-refractivity contribution in [2.75, 3.05) is 0 Å². The largest absolute Gasteiger partial charge is 0.480 e. The Morgan fingerprint density at radius 1 is 1.32 bits per heavy atom. The van der Waals surface area contributed by atoms with Gasteiger partial charge in [-0.1, -0.05) is 30.3 Å². The highest BCUT2D eigenvalue weighted by atomic mass is 79.9. The summed E-state index contributed by atoms with van der Waals surface area (Å²) in [5.74, 6) is -0.0190. The lowest BCUT2D eigenvalue weighted by Gasteiger charge is -2.11. The molecule has 0 fully saturated rings. The second kappa shape index (κ2) is 7.12. The Kier molecular flexibility index (Phi) is 5.48. The molecule has 100 valence electrons. The Hall–Kier alpha value is -0.780. The first-order valence-electron chi connectivity index (χ1n) is 5.76. The summed E-state index contributed by atoms with van der Waals surface area (Å²) in [6, 6.07) is 11.8. The number of carboxylic acid groups (broad SMARTS) is 1. The number of hydrogen-bond acceptors (Lipinski definition) is 3. The third-order valence-electron chi connectivity index (χ3n) is 2.61. The van der Waals surface area contributed by atoms with Gasteiger partial charge in [0, 0.05) is 5.75 Å². The van der Waals surface area contributed by atoms with Gasteiger partial charge in [-0.15, -0.1) is 23.1 Å². The molecule has 0 amide bonds. The van der Waals surface area contributed by atoms with Crippen molar-refractivity contribution < 1.29 is 9.90 Å². The SMILES string of the molecule is O=C(O)C(Cc1ccccc1)SCc1csc(Br)c1. The summed E-state index contributed by atoms with van der Waals surface area (Å²) in [6.45, 7) is 0. The Labute approximate surface area is 129 Å². The first-order valence-corrected chi connectivity index (χ1v) is 8.48. The van der Waals surface area contributed by atoms with Crippen molar-refractivity contribution in [2.45, 2.75) is 17.4 Å². The molecule has 1 heterocycles. The van der Waals surface area contributed by atoms with E-state index in [9.17, 15) is 9.90 Å². The number of hydrogen-bond donors (Lipinski definition) is 1. The lowest BCUT2D eigenvalue weighted by Crippen LogP contribution is -2.19. The predicted octanol–water partition coefficient (Wildman–Crippen LogP) is 4.44. The number of rotatable bonds is 6. The summed E-state index contributed by atoms with van der Waals surface area (Å²) < 4.78 is 1.08. The van der Waals surface area contributed by atoms with Gasteiger partial charge in [0.25, 0.3) is 0 Å². The van der Waals surface area contributed by atoms with E-state index in [4.69, 9.17) is 0 Å². The first-order chi connectivity index (χ1) is 9.15. The number of carbonyl (C=O) groups is 1. The van der Waals surface area contributed by atoms with E-state index in [1.54, 1.807) is 11.3 Å². The van der Waals surface area contributed by atoms with Gasteiger partial charge in [0.05, 0.1) is 3.79 Å². The highest BCUT2D eigenvalue weighted by Gasteiger charge is 2.18. The summed E-state index contributed by atoms with van der Waals surface area (Å²) in [7, 11) is 0. The van der Waals surface area contributed by atoms with Crippen molar-refractivity contribution in [3.05, 3.63) is 56.7 Å². The third kappa shape index (κ3) is 4.67.